The average Bonchev–Trinajstić information content (AvgIpc) is 3.66. The molecular weight excluding hydrogens is 554 g/mol. The van der Waals surface area contributed by atoms with Gasteiger partial charge in [0, 0.05) is 64.4 Å². The van der Waals surface area contributed by atoms with E-state index in [1.165, 1.54) is 30.5 Å². The highest BCUT2D eigenvalue weighted by Crippen LogP contribution is 2.42. The number of sulfone groups is 1. The van der Waals surface area contributed by atoms with Crippen molar-refractivity contribution >= 4 is 32.8 Å². The molecule has 11 heteroatoms. The number of nitro groups is 1. The van der Waals surface area contributed by atoms with Crippen LogP contribution in [0.5, 0.6) is 0 Å². The van der Waals surface area contributed by atoms with Gasteiger partial charge in [0.25, 0.3) is 5.69 Å². The molecule has 6 rings (SSSR count). The number of carbonyl (C=O) groups is 1. The normalized spacial score (nSPS) is 11.5. The molecule has 0 spiro atoms. The fourth-order valence-corrected chi connectivity index (χ4v) is 6.37. The number of nitrogens with zero attached hydrogens (tertiary/aromatic N) is 4. The standard InChI is InChI=1S/C31H23N5O5S/c1-2-35-18-26(30(34-35)21-11-13-23(14-12-21)36(38)39)29-25-16-27(22-8-6-7-20(15-22)19-37)33-31(25)32-17-28(29)42(40,41)24-9-4-3-5-10-24/h3-19H,2H2,1H3,(H,32,33). The van der Waals surface area contributed by atoms with E-state index < -0.39 is 14.8 Å². The number of aromatic amines is 1. The Balaban J connectivity index is 1.66. The Hall–Kier alpha value is -5.42. The first-order valence-corrected chi connectivity index (χ1v) is 14.5. The van der Waals surface area contributed by atoms with Crippen LogP contribution in [-0.2, 0) is 16.4 Å². The number of rotatable bonds is 8. The second-order valence-electron chi connectivity index (χ2n) is 9.55. The summed E-state index contributed by atoms with van der Waals surface area (Å²) in [5, 5.41) is 16.5. The van der Waals surface area contributed by atoms with E-state index in [1.54, 1.807) is 59.4 Å². The Morgan fingerprint density at radius 1 is 0.976 bits per heavy atom. The Bertz CT molecular complexity index is 2080. The Kier molecular flexibility index (Phi) is 6.71. The summed E-state index contributed by atoms with van der Waals surface area (Å²) in [6.07, 6.45) is 3.87. The van der Waals surface area contributed by atoms with Crippen molar-refractivity contribution in [3.05, 3.63) is 113 Å². The first kappa shape index (κ1) is 26.8. The number of aromatic nitrogens is 4. The van der Waals surface area contributed by atoms with Crippen LogP contribution in [-0.4, -0.2) is 39.4 Å². The number of aldehydes is 1. The fraction of sp³-hybridized carbons (Fsp3) is 0.0645. The molecule has 3 heterocycles. The highest BCUT2D eigenvalue weighted by atomic mass is 32.2. The second-order valence-corrected chi connectivity index (χ2v) is 11.5. The maximum atomic E-state index is 14.1. The highest BCUT2D eigenvalue weighted by Gasteiger charge is 2.28. The minimum absolute atomic E-state index is 0.00722. The topological polar surface area (TPSA) is 141 Å². The maximum Gasteiger partial charge on any atom is 0.269 e. The number of pyridine rings is 1. The number of aryl methyl sites for hydroxylation is 1. The van der Waals surface area contributed by atoms with E-state index in [-0.39, 0.29) is 15.5 Å². The zero-order chi connectivity index (χ0) is 29.4. The van der Waals surface area contributed by atoms with Crippen LogP contribution in [0.4, 0.5) is 5.69 Å². The molecule has 0 unspecified atom stereocenters. The second kappa shape index (κ2) is 10.5. The molecule has 0 bridgehead atoms. The van der Waals surface area contributed by atoms with Gasteiger partial charge in [0.15, 0.2) is 0 Å². The van der Waals surface area contributed by atoms with Crippen molar-refractivity contribution in [2.24, 2.45) is 0 Å². The molecule has 0 amide bonds. The smallest absolute Gasteiger partial charge is 0.269 e. The number of hydrogen-bond donors (Lipinski definition) is 1. The molecule has 0 aliphatic heterocycles. The van der Waals surface area contributed by atoms with E-state index >= 15 is 0 Å². The van der Waals surface area contributed by atoms with Gasteiger partial charge in [-0.25, -0.2) is 13.4 Å². The number of hydrogen-bond acceptors (Lipinski definition) is 7. The summed E-state index contributed by atoms with van der Waals surface area (Å²) in [4.78, 5) is 30.1. The van der Waals surface area contributed by atoms with E-state index in [0.29, 0.717) is 51.2 Å². The highest BCUT2D eigenvalue weighted by molar-refractivity contribution is 7.91. The zero-order valence-corrected chi connectivity index (χ0v) is 23.1. The van der Waals surface area contributed by atoms with Crippen LogP contribution in [0.2, 0.25) is 0 Å². The lowest BCUT2D eigenvalue weighted by Crippen LogP contribution is -2.05. The Labute approximate surface area is 240 Å². The molecule has 3 aromatic heterocycles. The van der Waals surface area contributed by atoms with Gasteiger partial charge >= 0.3 is 0 Å². The van der Waals surface area contributed by atoms with Crippen molar-refractivity contribution < 1.29 is 18.1 Å². The van der Waals surface area contributed by atoms with E-state index in [9.17, 15) is 23.3 Å². The first-order valence-electron chi connectivity index (χ1n) is 13.0. The predicted octanol–water partition coefficient (Wildman–Crippen LogP) is 6.33. The summed E-state index contributed by atoms with van der Waals surface area (Å²) in [5.74, 6) is 0. The molecule has 0 fully saturated rings. The largest absolute Gasteiger partial charge is 0.339 e. The molecule has 0 aliphatic rings. The summed E-state index contributed by atoms with van der Waals surface area (Å²) >= 11 is 0. The number of benzene rings is 3. The summed E-state index contributed by atoms with van der Waals surface area (Å²) in [6, 6.07) is 23.0. The maximum absolute atomic E-state index is 14.1. The number of nitrogens with one attached hydrogen (secondary N) is 1. The van der Waals surface area contributed by atoms with Gasteiger partial charge in [-0.1, -0.05) is 36.4 Å². The van der Waals surface area contributed by atoms with E-state index in [2.05, 4.69) is 9.97 Å². The quantitative estimate of drug-likeness (QED) is 0.126. The van der Waals surface area contributed by atoms with Crippen molar-refractivity contribution in [3.63, 3.8) is 0 Å². The molecule has 0 radical (unpaired) electrons. The predicted molar refractivity (Wildman–Crippen MR) is 158 cm³/mol. The van der Waals surface area contributed by atoms with Gasteiger partial charge in [-0.2, -0.15) is 5.10 Å². The summed E-state index contributed by atoms with van der Waals surface area (Å²) in [5.41, 5.74) is 4.23. The molecule has 0 aliphatic carbocycles. The molecule has 10 nitrogen and oxygen atoms in total. The molecule has 208 valence electrons. The minimum Gasteiger partial charge on any atom is -0.339 e. The third-order valence-electron chi connectivity index (χ3n) is 7.01. The van der Waals surface area contributed by atoms with Gasteiger partial charge in [0.05, 0.1) is 14.7 Å². The molecule has 42 heavy (non-hydrogen) atoms. The van der Waals surface area contributed by atoms with Gasteiger partial charge in [0.1, 0.15) is 17.6 Å². The number of carbonyl (C=O) groups excluding carboxylic acids is 1. The molecule has 6 aromatic rings. The summed E-state index contributed by atoms with van der Waals surface area (Å²) in [6.45, 7) is 2.42. The van der Waals surface area contributed by atoms with Gasteiger partial charge in [-0.15, -0.1) is 0 Å². The van der Waals surface area contributed by atoms with Gasteiger partial charge in [-0.05, 0) is 48.9 Å². The molecule has 1 N–H and O–H groups in total. The third-order valence-corrected chi connectivity index (χ3v) is 8.79. The van der Waals surface area contributed by atoms with Crippen molar-refractivity contribution in [1.29, 1.82) is 0 Å². The molecule has 0 saturated heterocycles. The van der Waals surface area contributed by atoms with Crippen LogP contribution >= 0.6 is 0 Å². The van der Waals surface area contributed by atoms with Gasteiger partial charge < -0.3 is 4.98 Å². The number of H-pyrrole nitrogens is 1. The lowest BCUT2D eigenvalue weighted by Gasteiger charge is -2.12. The van der Waals surface area contributed by atoms with Crippen molar-refractivity contribution in [3.8, 4) is 33.6 Å². The Morgan fingerprint density at radius 2 is 1.74 bits per heavy atom. The zero-order valence-electron chi connectivity index (χ0n) is 22.3. The Morgan fingerprint density at radius 3 is 2.43 bits per heavy atom. The van der Waals surface area contributed by atoms with E-state index in [1.807, 2.05) is 19.1 Å². The SMILES string of the molecule is CCn1cc(-c2c(S(=O)(=O)c3ccccc3)cnc3[nH]c(-c4cccc(C=O)c4)cc23)c(-c2ccc([N+](=O)[O-])cc2)n1. The number of nitro benzene ring substituents is 1. The van der Waals surface area contributed by atoms with E-state index in [4.69, 9.17) is 5.10 Å². The monoisotopic (exact) mass is 577 g/mol. The van der Waals surface area contributed by atoms with Crippen LogP contribution in [0, 0.1) is 10.1 Å². The van der Waals surface area contributed by atoms with Crippen molar-refractivity contribution in [2.45, 2.75) is 23.3 Å². The molecule has 3 aromatic carbocycles. The molecule has 0 atom stereocenters. The lowest BCUT2D eigenvalue weighted by molar-refractivity contribution is -0.384. The molecule has 0 saturated carbocycles. The average molecular weight is 578 g/mol. The minimum atomic E-state index is -4.04. The van der Waals surface area contributed by atoms with E-state index in [0.717, 1.165) is 11.8 Å². The third kappa shape index (κ3) is 4.65. The lowest BCUT2D eigenvalue weighted by atomic mass is 9.99. The van der Waals surface area contributed by atoms with Crippen LogP contribution in [0.15, 0.2) is 107 Å². The van der Waals surface area contributed by atoms with Crippen LogP contribution in [0.25, 0.3) is 44.7 Å². The number of non-ortho nitro benzene ring substituents is 1. The first-order chi connectivity index (χ1) is 20.3. The van der Waals surface area contributed by atoms with Crippen molar-refractivity contribution in [2.75, 3.05) is 0 Å². The number of fused-ring (bicyclic) bond motifs is 1. The van der Waals surface area contributed by atoms with Crippen LogP contribution < -0.4 is 0 Å². The van der Waals surface area contributed by atoms with Crippen LogP contribution in [0.3, 0.4) is 0 Å². The van der Waals surface area contributed by atoms with Gasteiger partial charge in [0.2, 0.25) is 9.84 Å². The summed E-state index contributed by atoms with van der Waals surface area (Å²) < 4.78 is 29.9. The van der Waals surface area contributed by atoms with Gasteiger partial charge in [-0.3, -0.25) is 19.6 Å². The summed E-state index contributed by atoms with van der Waals surface area (Å²) in [7, 11) is -4.04. The van der Waals surface area contributed by atoms with Crippen LogP contribution in [0.1, 0.15) is 17.3 Å². The molecular formula is C31H23N5O5S. The fourth-order valence-electron chi connectivity index (χ4n) is 4.92. The van der Waals surface area contributed by atoms with Crippen molar-refractivity contribution in [1.82, 2.24) is 19.7 Å².